The van der Waals surface area contributed by atoms with E-state index < -0.39 is 0 Å². The molecule has 0 spiro atoms. The number of hydrogen-bond acceptors (Lipinski definition) is 13. The first-order valence-electron chi connectivity index (χ1n) is 45.0. The van der Waals surface area contributed by atoms with E-state index >= 15 is 0 Å². The fourth-order valence-corrected chi connectivity index (χ4v) is 11.0. The van der Waals surface area contributed by atoms with Gasteiger partial charge in [0.05, 0.1) is 11.4 Å². The van der Waals surface area contributed by atoms with Crippen molar-refractivity contribution in [3.8, 4) is 0 Å². The summed E-state index contributed by atoms with van der Waals surface area (Å²) in [6, 6.07) is 46.8. The van der Waals surface area contributed by atoms with E-state index in [9.17, 15) is 0 Å². The average molecular weight is 1680 g/mol. The van der Waals surface area contributed by atoms with E-state index in [1.165, 1.54) is 101 Å². The Morgan fingerprint density at radius 2 is 0.621 bits per heavy atom. The Hall–Kier alpha value is -10.3. The molecule has 12 aromatic rings. The van der Waals surface area contributed by atoms with Gasteiger partial charge in [0.1, 0.15) is 17.5 Å². The van der Waals surface area contributed by atoms with E-state index in [2.05, 4.69) is 402 Å². The van der Waals surface area contributed by atoms with Crippen LogP contribution in [-0.4, -0.2) is 64.8 Å². The first-order chi connectivity index (χ1) is 58.0. The highest BCUT2D eigenvalue weighted by atomic mass is 14.9. The number of pyridine rings is 5. The van der Waals surface area contributed by atoms with Gasteiger partial charge in [0.2, 0.25) is 0 Å². The van der Waals surface area contributed by atoms with Crippen LogP contribution in [0.4, 0.5) is 0 Å². The number of hydrogen-bond donors (Lipinski definition) is 0. The van der Waals surface area contributed by atoms with Crippen LogP contribution < -0.4 is 0 Å². The molecule has 13 heteroatoms. The van der Waals surface area contributed by atoms with Crippen molar-refractivity contribution in [1.29, 1.82) is 0 Å². The molecule has 0 aliphatic rings. The molecule has 3 aromatic carbocycles. The molecule has 9 aromatic heterocycles. The fourth-order valence-electron chi connectivity index (χ4n) is 11.0. The van der Waals surface area contributed by atoms with E-state index in [0.717, 1.165) is 57.3 Å². The molecule has 9 heterocycles. The molecule has 0 aliphatic heterocycles. The van der Waals surface area contributed by atoms with E-state index in [-0.39, 0.29) is 0 Å². The molecule has 0 saturated carbocycles. The summed E-state index contributed by atoms with van der Waals surface area (Å²) in [6.45, 7) is 84.8. The molecule has 124 heavy (non-hydrogen) atoms. The van der Waals surface area contributed by atoms with Crippen LogP contribution in [-0.2, 0) is 0 Å². The second kappa shape index (κ2) is 59.5. The standard InChI is InChI=1S/2C11H16.C10H15N.C10H14.C9H14N2.4C9H13N.3C8H12N2/c1-8(2)11-6-9(3)5-10(4)7-11;1-8(2)11-6-5-9(3)10(4)7-11;1-7(2)10-5-8(3)9(4)6-11-10;1-8(2)10-6-4-5-9(3)7-10;1-6(2)9-10-7(3)5-8(4)11-9;1-7(2)9-5-4-8(3)10-6-9;1-7(2)9-6-8(3)4-5-10-9;1-7(2)9-5-4-8(3)6-10-9;1-7(2)9-6-4-5-8(3)10-9;1-6(2)8-4-9-7(3)10-5-8;1-6(2)8-5-9-7(3)4-10-8;1-6(2)8-9-5-4-7(3)10-8/h2*5-8H,1-4H3;5-7H,1-4H3;4-8H,1-3H3;5-6H,1-4H3;4*4-7H,1-3H3;3*4-6H,1-3H3. The van der Waals surface area contributed by atoms with Gasteiger partial charge in [-0.25, -0.2) is 29.9 Å². The largest absolute Gasteiger partial charge is 0.261 e. The van der Waals surface area contributed by atoms with Crippen LogP contribution in [0.25, 0.3) is 0 Å². The lowest BCUT2D eigenvalue weighted by atomic mass is 9.99. The maximum atomic E-state index is 4.37. The normalized spacial score (nSPS) is 10.5. The van der Waals surface area contributed by atoms with Gasteiger partial charge in [-0.15, -0.1) is 0 Å². The minimum absolute atomic E-state index is 0.425. The third-order valence-corrected chi connectivity index (χ3v) is 19.7. The topological polar surface area (TPSA) is 168 Å². The van der Waals surface area contributed by atoms with E-state index in [4.69, 9.17) is 0 Å². The van der Waals surface area contributed by atoms with Gasteiger partial charge >= 0.3 is 0 Å². The maximum Gasteiger partial charge on any atom is 0.131 e. The molecule has 0 radical (unpaired) electrons. The number of aromatic nitrogens is 13. The van der Waals surface area contributed by atoms with Crippen molar-refractivity contribution < 1.29 is 0 Å². The van der Waals surface area contributed by atoms with Gasteiger partial charge < -0.3 is 0 Å². The molecule has 0 unspecified atom stereocenters. The minimum Gasteiger partial charge on any atom is -0.261 e. The maximum absolute atomic E-state index is 4.37. The summed E-state index contributed by atoms with van der Waals surface area (Å²) in [4.78, 5) is 55.0. The summed E-state index contributed by atoms with van der Waals surface area (Å²) in [5.74, 6) is 9.28. The second-order valence-corrected chi connectivity index (χ2v) is 36.4. The summed E-state index contributed by atoms with van der Waals surface area (Å²) in [7, 11) is 0. The lowest BCUT2D eigenvalue weighted by Gasteiger charge is -2.07. The van der Waals surface area contributed by atoms with Crippen molar-refractivity contribution in [2.24, 2.45) is 0 Å². The van der Waals surface area contributed by atoms with Crippen LogP contribution in [0.3, 0.4) is 0 Å². The molecule has 672 valence electrons. The zero-order valence-corrected chi connectivity index (χ0v) is 84.6. The Bertz CT molecular complexity index is 4330. The highest BCUT2D eigenvalue weighted by Crippen LogP contribution is 2.22. The van der Waals surface area contributed by atoms with Crippen LogP contribution in [0, 0.1) is 111 Å². The molecule has 0 saturated heterocycles. The summed E-state index contributed by atoms with van der Waals surface area (Å²) in [5.41, 5.74) is 30.9. The zero-order valence-electron chi connectivity index (χ0n) is 84.6. The van der Waals surface area contributed by atoms with Gasteiger partial charge in [0, 0.05) is 119 Å². The van der Waals surface area contributed by atoms with Crippen LogP contribution in [0.2, 0.25) is 0 Å². The SMILES string of the molecule is Cc1cc(C)cc(C(C)C)c1.Cc1cc(C)nc(C(C)C)n1.Cc1ccc(C(C)C)cc1C.Cc1ccc(C(C)C)cn1.Cc1ccc(C(C)C)nc1.Cc1cccc(C(C)C)c1.Cc1cccc(C(C)C)n1.Cc1ccnc(C(C)C)c1.Cc1ccnc(C(C)C)n1.Cc1cnc(C(C)C)cc1C.Cc1cnc(C(C)C)cn1.Cc1ncc(C(C)C)cn1. The van der Waals surface area contributed by atoms with E-state index in [1.807, 2.05) is 116 Å². The monoisotopic (exact) mass is 1680 g/mol. The van der Waals surface area contributed by atoms with Crippen molar-refractivity contribution in [2.75, 3.05) is 0 Å². The summed E-state index contributed by atoms with van der Waals surface area (Å²) >= 11 is 0. The Balaban J connectivity index is 0.000000677. The van der Waals surface area contributed by atoms with Gasteiger partial charge in [0.25, 0.3) is 0 Å². The van der Waals surface area contributed by atoms with E-state index in [1.54, 1.807) is 12.4 Å². The minimum atomic E-state index is 0.425. The molecule has 0 atom stereocenters. The quantitative estimate of drug-likeness (QED) is 0.113. The number of nitrogens with zero attached hydrogens (tertiary/aromatic N) is 13. The van der Waals surface area contributed by atoms with Crippen molar-refractivity contribution in [3.63, 3.8) is 0 Å². The lowest BCUT2D eigenvalue weighted by Crippen LogP contribution is -2.00. The third-order valence-electron chi connectivity index (χ3n) is 19.7. The van der Waals surface area contributed by atoms with Gasteiger partial charge in [-0.05, 0) is 286 Å². The molecule has 12 rings (SSSR count). The first kappa shape index (κ1) is 112. The smallest absolute Gasteiger partial charge is 0.131 e. The molecular formula is C111H163N13. The highest BCUT2D eigenvalue weighted by Gasteiger charge is 2.08. The van der Waals surface area contributed by atoms with Gasteiger partial charge in [-0.1, -0.05) is 262 Å². The number of benzene rings is 3. The molecule has 0 bridgehead atoms. The molecule has 0 aliphatic carbocycles. The average Bonchev–Trinajstić information content (AvgIpc) is 0.878. The second-order valence-electron chi connectivity index (χ2n) is 36.4. The van der Waals surface area contributed by atoms with E-state index in [0.29, 0.717) is 71.0 Å². The van der Waals surface area contributed by atoms with Crippen molar-refractivity contribution >= 4 is 0 Å². The third kappa shape index (κ3) is 48.7. The van der Waals surface area contributed by atoms with Crippen molar-refractivity contribution in [3.05, 3.63) is 347 Å². The molecule has 0 N–H and O–H groups in total. The lowest BCUT2D eigenvalue weighted by molar-refractivity contribution is 0.758. The number of rotatable bonds is 12. The predicted molar refractivity (Wildman–Crippen MR) is 533 cm³/mol. The molecule has 13 nitrogen and oxygen atoms in total. The van der Waals surface area contributed by atoms with Crippen LogP contribution in [0.5, 0.6) is 0 Å². The van der Waals surface area contributed by atoms with Crippen molar-refractivity contribution in [1.82, 2.24) is 64.8 Å². The van der Waals surface area contributed by atoms with Crippen LogP contribution in [0.15, 0.2) is 189 Å². The summed E-state index contributed by atoms with van der Waals surface area (Å²) in [5, 5.41) is 0. The Kier molecular flexibility index (Phi) is 53.7. The van der Waals surface area contributed by atoms with Gasteiger partial charge in [0.15, 0.2) is 0 Å². The zero-order chi connectivity index (χ0) is 94.2. The van der Waals surface area contributed by atoms with Crippen molar-refractivity contribution in [2.45, 2.75) is 348 Å². The highest BCUT2D eigenvalue weighted by molar-refractivity contribution is 5.33. The predicted octanol–water partition coefficient (Wildman–Crippen LogP) is 30.8. The van der Waals surface area contributed by atoms with Crippen LogP contribution >= 0.6 is 0 Å². The molecule has 0 amide bonds. The van der Waals surface area contributed by atoms with Gasteiger partial charge in [-0.2, -0.15) is 0 Å². The Morgan fingerprint density at radius 3 is 1.02 bits per heavy atom. The number of aryl methyl sites for hydroxylation is 16. The summed E-state index contributed by atoms with van der Waals surface area (Å²) < 4.78 is 0. The molecular weight excluding hydrogens is 1520 g/mol. The summed E-state index contributed by atoms with van der Waals surface area (Å²) in [6.07, 6.45) is 16.9. The van der Waals surface area contributed by atoms with Gasteiger partial charge in [-0.3, -0.25) is 34.9 Å². The first-order valence-corrected chi connectivity index (χ1v) is 45.0. The fraction of sp³-hybridized carbons (Fsp3) is 0.468. The Labute approximate surface area is 755 Å². The Morgan fingerprint density at radius 1 is 0.177 bits per heavy atom. The molecule has 0 fully saturated rings. The van der Waals surface area contributed by atoms with Crippen LogP contribution in [0.1, 0.15) is 395 Å².